The van der Waals surface area contributed by atoms with Gasteiger partial charge in [0.15, 0.2) is 0 Å². The SMILES string of the molecule is NC(=O)c1ccc(N2CC(O)C(O)C2)c(N)c1. The van der Waals surface area contributed by atoms with Crippen molar-refractivity contribution in [2.75, 3.05) is 23.7 Å². The van der Waals surface area contributed by atoms with Gasteiger partial charge in [0, 0.05) is 18.7 Å². The maximum Gasteiger partial charge on any atom is 0.248 e. The number of nitrogens with two attached hydrogens (primary N) is 2. The van der Waals surface area contributed by atoms with Gasteiger partial charge in [-0.2, -0.15) is 0 Å². The standard InChI is InChI=1S/C11H15N3O3/c12-7-3-6(11(13)17)1-2-8(7)14-4-9(15)10(16)5-14/h1-3,9-10,15-16H,4-5,12H2,(H2,13,17). The number of primary amides is 1. The number of hydrogen-bond acceptors (Lipinski definition) is 5. The monoisotopic (exact) mass is 237 g/mol. The molecule has 1 heterocycles. The number of nitrogen functional groups attached to an aromatic ring is 1. The molecule has 2 atom stereocenters. The van der Waals surface area contributed by atoms with Crippen LogP contribution >= 0.6 is 0 Å². The molecule has 6 N–H and O–H groups in total. The first-order valence-corrected chi connectivity index (χ1v) is 5.29. The Kier molecular flexibility index (Phi) is 2.91. The Balaban J connectivity index is 2.26. The Bertz CT molecular complexity index is 440. The number of benzene rings is 1. The molecular formula is C11H15N3O3. The molecule has 1 aliphatic rings. The highest BCUT2D eigenvalue weighted by atomic mass is 16.3. The Morgan fingerprint density at radius 2 is 1.88 bits per heavy atom. The molecule has 1 saturated heterocycles. The number of β-amino-alcohol motifs (C(OH)–C–C–N with tert-alkyl or cyclic N) is 2. The minimum Gasteiger partial charge on any atom is -0.397 e. The summed E-state index contributed by atoms with van der Waals surface area (Å²) in [6.07, 6.45) is -1.55. The van der Waals surface area contributed by atoms with E-state index in [9.17, 15) is 15.0 Å². The highest BCUT2D eigenvalue weighted by Crippen LogP contribution is 2.27. The highest BCUT2D eigenvalue weighted by molar-refractivity contribution is 5.94. The van der Waals surface area contributed by atoms with Crippen molar-refractivity contribution in [1.82, 2.24) is 0 Å². The predicted molar refractivity (Wildman–Crippen MR) is 63.6 cm³/mol. The number of aliphatic hydroxyl groups excluding tert-OH is 2. The Morgan fingerprint density at radius 3 is 2.35 bits per heavy atom. The van der Waals surface area contributed by atoms with Crippen molar-refractivity contribution in [2.45, 2.75) is 12.2 Å². The first kappa shape index (κ1) is 11.7. The molecule has 0 spiro atoms. The number of anilines is 2. The van der Waals surface area contributed by atoms with Gasteiger partial charge in [0.1, 0.15) is 0 Å². The molecule has 0 saturated carbocycles. The largest absolute Gasteiger partial charge is 0.397 e. The van der Waals surface area contributed by atoms with Crippen molar-refractivity contribution in [2.24, 2.45) is 5.73 Å². The van der Waals surface area contributed by atoms with Gasteiger partial charge in [-0.3, -0.25) is 4.79 Å². The lowest BCUT2D eigenvalue weighted by Crippen LogP contribution is -2.22. The summed E-state index contributed by atoms with van der Waals surface area (Å²) in [4.78, 5) is 12.7. The van der Waals surface area contributed by atoms with Gasteiger partial charge in [0.05, 0.1) is 23.6 Å². The van der Waals surface area contributed by atoms with Crippen LogP contribution in [0.5, 0.6) is 0 Å². The zero-order chi connectivity index (χ0) is 12.6. The maximum atomic E-state index is 11.0. The molecule has 6 nitrogen and oxygen atoms in total. The highest BCUT2D eigenvalue weighted by Gasteiger charge is 2.30. The number of hydrogen-bond donors (Lipinski definition) is 4. The second kappa shape index (κ2) is 4.23. The minimum absolute atomic E-state index is 0.321. The van der Waals surface area contributed by atoms with Crippen LogP contribution in [-0.4, -0.2) is 41.4 Å². The molecule has 0 bridgehead atoms. The zero-order valence-electron chi connectivity index (χ0n) is 9.21. The van der Waals surface area contributed by atoms with Crippen LogP contribution in [0.1, 0.15) is 10.4 Å². The summed E-state index contributed by atoms with van der Waals surface area (Å²) in [7, 11) is 0. The van der Waals surface area contributed by atoms with E-state index in [2.05, 4.69) is 0 Å². The van der Waals surface area contributed by atoms with Crippen molar-refractivity contribution >= 4 is 17.3 Å². The van der Waals surface area contributed by atoms with Gasteiger partial charge < -0.3 is 26.6 Å². The molecule has 6 heteroatoms. The summed E-state index contributed by atoms with van der Waals surface area (Å²) in [6, 6.07) is 4.74. The first-order chi connectivity index (χ1) is 7.99. The number of nitrogens with zero attached hydrogens (tertiary/aromatic N) is 1. The van der Waals surface area contributed by atoms with Gasteiger partial charge in [-0.15, -0.1) is 0 Å². The van der Waals surface area contributed by atoms with Crippen LogP contribution < -0.4 is 16.4 Å². The molecule has 92 valence electrons. The zero-order valence-corrected chi connectivity index (χ0v) is 9.21. The van der Waals surface area contributed by atoms with Crippen LogP contribution in [0.4, 0.5) is 11.4 Å². The number of aliphatic hydroxyl groups is 2. The Morgan fingerprint density at radius 1 is 1.29 bits per heavy atom. The van der Waals surface area contributed by atoms with E-state index < -0.39 is 18.1 Å². The summed E-state index contributed by atoms with van der Waals surface area (Å²) >= 11 is 0. The molecule has 0 radical (unpaired) electrons. The molecule has 17 heavy (non-hydrogen) atoms. The van der Waals surface area contributed by atoms with Crippen molar-refractivity contribution in [3.8, 4) is 0 Å². The molecule has 1 amide bonds. The fraction of sp³-hybridized carbons (Fsp3) is 0.364. The second-order valence-corrected chi connectivity index (χ2v) is 4.18. The van der Waals surface area contributed by atoms with Crippen LogP contribution in [0.25, 0.3) is 0 Å². The molecule has 1 aromatic carbocycles. The summed E-state index contributed by atoms with van der Waals surface area (Å²) in [5.74, 6) is -0.537. The van der Waals surface area contributed by atoms with Gasteiger partial charge in [-0.25, -0.2) is 0 Å². The fourth-order valence-corrected chi connectivity index (χ4v) is 1.96. The van der Waals surface area contributed by atoms with E-state index in [4.69, 9.17) is 11.5 Å². The lowest BCUT2D eigenvalue weighted by atomic mass is 10.1. The van der Waals surface area contributed by atoms with E-state index in [-0.39, 0.29) is 0 Å². The summed E-state index contributed by atoms with van der Waals surface area (Å²) < 4.78 is 0. The Hall–Kier alpha value is -1.79. The van der Waals surface area contributed by atoms with E-state index in [1.807, 2.05) is 0 Å². The van der Waals surface area contributed by atoms with E-state index in [0.717, 1.165) is 0 Å². The average molecular weight is 237 g/mol. The van der Waals surface area contributed by atoms with Crippen LogP contribution in [-0.2, 0) is 0 Å². The normalized spacial score (nSPS) is 24.0. The third-order valence-corrected chi connectivity index (χ3v) is 2.91. The minimum atomic E-state index is -0.773. The van der Waals surface area contributed by atoms with Gasteiger partial charge >= 0.3 is 0 Å². The number of rotatable bonds is 2. The van der Waals surface area contributed by atoms with Gasteiger partial charge in [-0.05, 0) is 18.2 Å². The lowest BCUT2D eigenvalue weighted by Gasteiger charge is -2.20. The quantitative estimate of drug-likeness (QED) is 0.488. The fourth-order valence-electron chi connectivity index (χ4n) is 1.96. The predicted octanol–water partition coefficient (Wildman–Crippen LogP) is -1.09. The molecule has 1 fully saturated rings. The van der Waals surface area contributed by atoms with Gasteiger partial charge in [0.2, 0.25) is 5.91 Å². The molecule has 0 aromatic heterocycles. The first-order valence-electron chi connectivity index (χ1n) is 5.29. The van der Waals surface area contributed by atoms with Crippen LogP contribution in [0.15, 0.2) is 18.2 Å². The number of carbonyl (C=O) groups is 1. The molecular weight excluding hydrogens is 222 g/mol. The third kappa shape index (κ3) is 2.17. The second-order valence-electron chi connectivity index (χ2n) is 4.18. The van der Waals surface area contributed by atoms with E-state index in [1.165, 1.54) is 6.07 Å². The van der Waals surface area contributed by atoms with Crippen LogP contribution in [0.2, 0.25) is 0 Å². The van der Waals surface area contributed by atoms with E-state index in [0.29, 0.717) is 30.0 Å². The Labute approximate surface area is 98.4 Å². The molecule has 2 rings (SSSR count). The smallest absolute Gasteiger partial charge is 0.248 e. The molecule has 1 aromatic rings. The molecule has 1 aliphatic heterocycles. The summed E-state index contributed by atoms with van der Waals surface area (Å²) in [6.45, 7) is 0.641. The number of carbonyl (C=O) groups excluding carboxylic acids is 1. The van der Waals surface area contributed by atoms with Crippen molar-refractivity contribution in [3.63, 3.8) is 0 Å². The van der Waals surface area contributed by atoms with Crippen LogP contribution in [0.3, 0.4) is 0 Å². The van der Waals surface area contributed by atoms with Gasteiger partial charge in [-0.1, -0.05) is 0 Å². The average Bonchev–Trinajstić information content (AvgIpc) is 2.58. The maximum absolute atomic E-state index is 11.0. The van der Waals surface area contributed by atoms with E-state index in [1.54, 1.807) is 17.0 Å². The molecule has 0 aliphatic carbocycles. The van der Waals surface area contributed by atoms with Gasteiger partial charge in [0.25, 0.3) is 0 Å². The third-order valence-electron chi connectivity index (χ3n) is 2.91. The topological polar surface area (TPSA) is 113 Å². The molecule has 2 unspecified atom stereocenters. The van der Waals surface area contributed by atoms with Crippen molar-refractivity contribution < 1.29 is 15.0 Å². The van der Waals surface area contributed by atoms with Crippen molar-refractivity contribution in [3.05, 3.63) is 23.8 Å². The number of amides is 1. The summed E-state index contributed by atoms with van der Waals surface area (Å²) in [5.41, 5.74) is 12.4. The lowest BCUT2D eigenvalue weighted by molar-refractivity contribution is 0.0572. The summed E-state index contributed by atoms with van der Waals surface area (Å²) in [5, 5.41) is 18.9. The van der Waals surface area contributed by atoms with E-state index >= 15 is 0 Å². The van der Waals surface area contributed by atoms with Crippen LogP contribution in [0, 0.1) is 0 Å². The van der Waals surface area contributed by atoms with Crippen molar-refractivity contribution in [1.29, 1.82) is 0 Å².